The Morgan fingerprint density at radius 1 is 1.27 bits per heavy atom. The van der Waals surface area contributed by atoms with E-state index in [0.29, 0.717) is 24.5 Å². The highest BCUT2D eigenvalue weighted by Gasteiger charge is 2.05. The van der Waals surface area contributed by atoms with E-state index in [1.807, 2.05) is 6.07 Å². The molecule has 0 radical (unpaired) electrons. The number of carbonyl (C=O) groups is 1. The zero-order chi connectivity index (χ0) is 15.8. The summed E-state index contributed by atoms with van der Waals surface area (Å²) in [5, 5.41) is 14.5. The molecule has 0 aliphatic rings. The number of aromatic nitrogens is 2. The number of rotatable bonds is 6. The summed E-state index contributed by atoms with van der Waals surface area (Å²) in [6, 6.07) is 7.85. The number of anilines is 1. The summed E-state index contributed by atoms with van der Waals surface area (Å²) in [4.78, 5) is 19.6. The molecular weight excluding hydrogens is 285 g/mol. The monoisotopic (exact) mass is 299 g/mol. The molecule has 0 saturated carbocycles. The van der Waals surface area contributed by atoms with E-state index in [4.69, 9.17) is 5.26 Å². The van der Waals surface area contributed by atoms with Crippen LogP contribution in [0.4, 0.5) is 10.2 Å². The van der Waals surface area contributed by atoms with Crippen molar-refractivity contribution in [2.75, 3.05) is 18.4 Å². The van der Waals surface area contributed by atoms with Crippen LogP contribution in [0.1, 0.15) is 11.3 Å². The third-order valence-corrected chi connectivity index (χ3v) is 2.80. The number of nitrogens with zero attached hydrogens (tertiary/aromatic N) is 3. The first kappa shape index (κ1) is 15.4. The van der Waals surface area contributed by atoms with Gasteiger partial charge in [-0.25, -0.2) is 14.4 Å². The van der Waals surface area contributed by atoms with Gasteiger partial charge in [-0.15, -0.1) is 0 Å². The summed E-state index contributed by atoms with van der Waals surface area (Å²) in [6.45, 7) is 0.762. The van der Waals surface area contributed by atoms with E-state index < -0.39 is 0 Å². The summed E-state index contributed by atoms with van der Waals surface area (Å²) in [7, 11) is 0. The van der Waals surface area contributed by atoms with E-state index in [-0.39, 0.29) is 23.8 Å². The first-order chi connectivity index (χ1) is 10.7. The van der Waals surface area contributed by atoms with Crippen molar-refractivity contribution in [3.05, 3.63) is 53.7 Å². The van der Waals surface area contributed by atoms with Crippen LogP contribution < -0.4 is 10.6 Å². The zero-order valence-electron chi connectivity index (χ0n) is 11.7. The molecule has 0 aliphatic heterocycles. The van der Waals surface area contributed by atoms with Crippen LogP contribution in [0.2, 0.25) is 0 Å². The molecule has 0 spiro atoms. The van der Waals surface area contributed by atoms with Crippen LogP contribution in [0.5, 0.6) is 0 Å². The minimum atomic E-state index is -0.362. The lowest BCUT2D eigenvalue weighted by Gasteiger charge is -2.08. The highest BCUT2D eigenvalue weighted by Crippen LogP contribution is 2.05. The first-order valence-electron chi connectivity index (χ1n) is 6.65. The van der Waals surface area contributed by atoms with E-state index in [2.05, 4.69) is 20.6 Å². The summed E-state index contributed by atoms with van der Waals surface area (Å²) in [6.07, 6.45) is 3.03. The molecular formula is C15H14FN5O. The second-order valence-corrected chi connectivity index (χ2v) is 4.45. The average Bonchev–Trinajstić information content (AvgIpc) is 2.52. The molecule has 0 fully saturated rings. The number of carbonyl (C=O) groups excluding carboxylic acids is 1. The predicted molar refractivity (Wildman–Crippen MR) is 78.4 cm³/mol. The Hall–Kier alpha value is -3.01. The standard InChI is InChI=1S/C15H14FN5O/c16-12-3-1-2-11(8-12)9-14(22)19-5-7-21-15-13(10-17)18-4-6-20-15/h1-4,6,8H,5,7,9H2,(H,19,22)(H,20,21). The molecule has 1 aromatic heterocycles. The van der Waals surface area contributed by atoms with E-state index >= 15 is 0 Å². The van der Waals surface area contributed by atoms with Crippen molar-refractivity contribution in [2.24, 2.45) is 0 Å². The molecule has 0 unspecified atom stereocenters. The molecule has 0 atom stereocenters. The van der Waals surface area contributed by atoms with Gasteiger partial charge in [-0.3, -0.25) is 4.79 Å². The molecule has 1 heterocycles. The maximum Gasteiger partial charge on any atom is 0.224 e. The van der Waals surface area contributed by atoms with E-state index in [9.17, 15) is 9.18 Å². The summed E-state index contributed by atoms with van der Waals surface area (Å²) in [5.41, 5.74) is 0.819. The van der Waals surface area contributed by atoms with Gasteiger partial charge in [0.1, 0.15) is 11.9 Å². The molecule has 0 saturated heterocycles. The Kier molecular flexibility index (Phi) is 5.37. The minimum Gasteiger partial charge on any atom is -0.366 e. The molecule has 1 aromatic carbocycles. The molecule has 2 N–H and O–H groups in total. The van der Waals surface area contributed by atoms with Crippen molar-refractivity contribution in [1.82, 2.24) is 15.3 Å². The highest BCUT2D eigenvalue weighted by molar-refractivity contribution is 5.78. The third kappa shape index (κ3) is 4.52. The second-order valence-electron chi connectivity index (χ2n) is 4.45. The number of hydrogen-bond donors (Lipinski definition) is 2. The molecule has 22 heavy (non-hydrogen) atoms. The predicted octanol–water partition coefficient (Wildman–Crippen LogP) is 1.26. The van der Waals surface area contributed by atoms with Crippen LogP contribution in [-0.2, 0) is 11.2 Å². The largest absolute Gasteiger partial charge is 0.366 e. The number of nitrogens with one attached hydrogen (secondary N) is 2. The fraction of sp³-hybridized carbons (Fsp3) is 0.200. The van der Waals surface area contributed by atoms with Crippen LogP contribution in [0.15, 0.2) is 36.7 Å². The van der Waals surface area contributed by atoms with Gasteiger partial charge in [-0.2, -0.15) is 5.26 Å². The molecule has 1 amide bonds. The van der Waals surface area contributed by atoms with Crippen LogP contribution in [-0.4, -0.2) is 29.0 Å². The summed E-state index contributed by atoms with van der Waals surface area (Å²) >= 11 is 0. The second kappa shape index (κ2) is 7.69. The molecule has 2 rings (SSSR count). The van der Waals surface area contributed by atoms with Crippen molar-refractivity contribution in [2.45, 2.75) is 6.42 Å². The number of benzene rings is 1. The Labute approximate surface area is 127 Å². The number of nitriles is 1. The van der Waals surface area contributed by atoms with Gasteiger partial charge in [0.2, 0.25) is 5.91 Å². The quantitative estimate of drug-likeness (QED) is 0.784. The topological polar surface area (TPSA) is 90.7 Å². The van der Waals surface area contributed by atoms with E-state index in [1.165, 1.54) is 24.5 Å². The normalized spacial score (nSPS) is 9.82. The fourth-order valence-electron chi connectivity index (χ4n) is 1.83. The first-order valence-corrected chi connectivity index (χ1v) is 6.65. The van der Waals surface area contributed by atoms with Crippen molar-refractivity contribution < 1.29 is 9.18 Å². The Balaban J connectivity index is 1.75. The zero-order valence-corrected chi connectivity index (χ0v) is 11.7. The Morgan fingerprint density at radius 3 is 2.86 bits per heavy atom. The van der Waals surface area contributed by atoms with E-state index in [1.54, 1.807) is 12.1 Å². The number of hydrogen-bond acceptors (Lipinski definition) is 5. The molecule has 112 valence electrons. The Morgan fingerprint density at radius 2 is 2.09 bits per heavy atom. The van der Waals surface area contributed by atoms with E-state index in [0.717, 1.165) is 0 Å². The van der Waals surface area contributed by atoms with Gasteiger partial charge in [-0.1, -0.05) is 12.1 Å². The van der Waals surface area contributed by atoms with Gasteiger partial charge in [0, 0.05) is 25.5 Å². The van der Waals surface area contributed by atoms with Gasteiger partial charge < -0.3 is 10.6 Å². The van der Waals surface area contributed by atoms with Crippen LogP contribution in [0, 0.1) is 17.1 Å². The number of halogens is 1. The van der Waals surface area contributed by atoms with Crippen LogP contribution >= 0.6 is 0 Å². The molecule has 2 aromatic rings. The van der Waals surface area contributed by atoms with Gasteiger partial charge in [0.25, 0.3) is 0 Å². The highest BCUT2D eigenvalue weighted by atomic mass is 19.1. The third-order valence-electron chi connectivity index (χ3n) is 2.80. The smallest absolute Gasteiger partial charge is 0.224 e. The van der Waals surface area contributed by atoms with Crippen LogP contribution in [0.3, 0.4) is 0 Å². The van der Waals surface area contributed by atoms with Gasteiger partial charge in [0.15, 0.2) is 11.5 Å². The summed E-state index contributed by atoms with van der Waals surface area (Å²) in [5.74, 6) is -0.185. The lowest BCUT2D eigenvalue weighted by atomic mass is 10.1. The molecule has 0 bridgehead atoms. The lowest BCUT2D eigenvalue weighted by Crippen LogP contribution is -2.30. The molecule has 7 heteroatoms. The van der Waals surface area contributed by atoms with Gasteiger partial charge in [0.05, 0.1) is 6.42 Å². The molecule has 0 aliphatic carbocycles. The summed E-state index contributed by atoms with van der Waals surface area (Å²) < 4.78 is 13.0. The maximum absolute atomic E-state index is 13.0. The minimum absolute atomic E-state index is 0.117. The average molecular weight is 299 g/mol. The van der Waals surface area contributed by atoms with Gasteiger partial charge >= 0.3 is 0 Å². The van der Waals surface area contributed by atoms with Crippen molar-refractivity contribution in [3.8, 4) is 6.07 Å². The lowest BCUT2D eigenvalue weighted by molar-refractivity contribution is -0.120. The number of amides is 1. The Bertz CT molecular complexity index is 698. The maximum atomic E-state index is 13.0. The van der Waals surface area contributed by atoms with Crippen molar-refractivity contribution in [3.63, 3.8) is 0 Å². The van der Waals surface area contributed by atoms with Gasteiger partial charge in [-0.05, 0) is 17.7 Å². The molecule has 6 nitrogen and oxygen atoms in total. The SMILES string of the molecule is N#Cc1nccnc1NCCNC(=O)Cc1cccc(F)c1. The van der Waals surface area contributed by atoms with Crippen molar-refractivity contribution >= 4 is 11.7 Å². The fourth-order valence-corrected chi connectivity index (χ4v) is 1.83. The van der Waals surface area contributed by atoms with Crippen LogP contribution in [0.25, 0.3) is 0 Å². The van der Waals surface area contributed by atoms with Crippen molar-refractivity contribution in [1.29, 1.82) is 5.26 Å².